The van der Waals surface area contributed by atoms with Crippen molar-refractivity contribution in [2.45, 2.75) is 19.3 Å². The Kier molecular flexibility index (Phi) is 5.42. The number of fused-ring (bicyclic) bond motifs is 3. The molecule has 6 rings (SSSR count). The molecule has 0 bridgehead atoms. The second-order valence-corrected chi connectivity index (χ2v) is 9.16. The molecule has 172 valence electrons. The molecule has 0 radical (unpaired) electrons. The molecule has 1 heterocycles. The Morgan fingerprint density at radius 3 is 1.89 bits per heavy atom. The summed E-state index contributed by atoms with van der Waals surface area (Å²) in [5.41, 5.74) is 7.80. The molecule has 0 spiro atoms. The summed E-state index contributed by atoms with van der Waals surface area (Å²) in [4.78, 5) is 20.5. The van der Waals surface area contributed by atoms with Crippen LogP contribution in [0.1, 0.15) is 40.7 Å². The number of likely N-dealkylation sites (tertiary alicyclic amines) is 1. The van der Waals surface area contributed by atoms with E-state index in [9.17, 15) is 9.90 Å². The molecule has 1 amide bonds. The van der Waals surface area contributed by atoms with E-state index in [-0.39, 0.29) is 11.7 Å². The fourth-order valence-electron chi connectivity index (χ4n) is 5.20. The van der Waals surface area contributed by atoms with E-state index in [1.807, 2.05) is 65.6 Å². The zero-order valence-corrected chi connectivity index (χ0v) is 19.4. The van der Waals surface area contributed by atoms with Gasteiger partial charge >= 0.3 is 0 Å². The van der Waals surface area contributed by atoms with Crippen LogP contribution in [0.15, 0.2) is 96.0 Å². The Morgan fingerprint density at radius 1 is 0.686 bits per heavy atom. The van der Waals surface area contributed by atoms with E-state index < -0.39 is 0 Å². The van der Waals surface area contributed by atoms with E-state index in [4.69, 9.17) is 4.99 Å². The minimum absolute atomic E-state index is 0.0166. The summed E-state index contributed by atoms with van der Waals surface area (Å²) < 4.78 is 0. The first-order valence-corrected chi connectivity index (χ1v) is 12.2. The molecule has 1 aliphatic heterocycles. The van der Waals surface area contributed by atoms with Crippen LogP contribution in [0.4, 0.5) is 5.69 Å². The molecule has 4 aromatic rings. The second-order valence-electron chi connectivity index (χ2n) is 9.16. The number of piperidine rings is 1. The van der Waals surface area contributed by atoms with E-state index in [1.54, 1.807) is 6.07 Å². The number of carbonyl (C=O) groups is 1. The lowest BCUT2D eigenvalue weighted by Crippen LogP contribution is -2.35. The highest BCUT2D eigenvalue weighted by Crippen LogP contribution is 2.41. The quantitative estimate of drug-likeness (QED) is 0.322. The minimum Gasteiger partial charge on any atom is -0.506 e. The minimum atomic E-state index is -0.131. The number of nitrogens with zero attached hydrogens (tertiary/aromatic N) is 2. The maximum Gasteiger partial charge on any atom is 0.257 e. The lowest BCUT2D eigenvalue weighted by atomic mass is 9.98. The van der Waals surface area contributed by atoms with Gasteiger partial charge in [0.25, 0.3) is 5.91 Å². The lowest BCUT2D eigenvalue weighted by molar-refractivity contribution is 0.0721. The van der Waals surface area contributed by atoms with Crippen molar-refractivity contribution in [1.29, 1.82) is 0 Å². The van der Waals surface area contributed by atoms with Gasteiger partial charge in [-0.1, -0.05) is 78.9 Å². The first kappa shape index (κ1) is 21.4. The Morgan fingerprint density at radius 2 is 1.26 bits per heavy atom. The number of benzene rings is 4. The van der Waals surface area contributed by atoms with Crippen LogP contribution < -0.4 is 0 Å². The average molecular weight is 459 g/mol. The van der Waals surface area contributed by atoms with Crippen molar-refractivity contribution in [3.8, 4) is 28.0 Å². The largest absolute Gasteiger partial charge is 0.506 e. The van der Waals surface area contributed by atoms with Gasteiger partial charge in [-0.15, -0.1) is 0 Å². The monoisotopic (exact) mass is 458 g/mol. The summed E-state index contributed by atoms with van der Waals surface area (Å²) in [6.45, 7) is 1.44. The van der Waals surface area contributed by atoms with E-state index in [2.05, 4.69) is 24.3 Å². The van der Waals surface area contributed by atoms with Crippen LogP contribution in [-0.4, -0.2) is 34.7 Å². The third-order valence-electron chi connectivity index (χ3n) is 6.95. The fraction of sp³-hybridized carbons (Fsp3) is 0.161. The van der Waals surface area contributed by atoms with Crippen LogP contribution in [0, 0.1) is 0 Å². The molecule has 1 saturated heterocycles. The molecule has 0 atom stereocenters. The smallest absolute Gasteiger partial charge is 0.257 e. The van der Waals surface area contributed by atoms with Gasteiger partial charge in [-0.2, -0.15) is 0 Å². The molecule has 0 aromatic heterocycles. The summed E-state index contributed by atoms with van der Waals surface area (Å²) in [6.07, 6.45) is 3.12. The molecule has 4 heteroatoms. The van der Waals surface area contributed by atoms with Gasteiger partial charge in [0, 0.05) is 29.8 Å². The van der Waals surface area contributed by atoms with Gasteiger partial charge in [0.1, 0.15) is 5.75 Å². The summed E-state index contributed by atoms with van der Waals surface area (Å²) in [7, 11) is 0. The number of hydrogen-bond acceptors (Lipinski definition) is 3. The SMILES string of the molecule is O=C(c1cc(N=C2c3ccccc3-c3ccccc32)cc(-c2ccccc2)c1O)N1CCCCC1. The summed E-state index contributed by atoms with van der Waals surface area (Å²) in [5.74, 6) is -0.114. The summed E-state index contributed by atoms with van der Waals surface area (Å²) in [5, 5.41) is 11.2. The van der Waals surface area contributed by atoms with Gasteiger partial charge in [0.2, 0.25) is 0 Å². The van der Waals surface area contributed by atoms with E-state index in [1.165, 1.54) is 0 Å². The third-order valence-corrected chi connectivity index (χ3v) is 6.95. The number of rotatable bonds is 3. The van der Waals surface area contributed by atoms with Crippen LogP contribution in [-0.2, 0) is 0 Å². The molecule has 4 nitrogen and oxygen atoms in total. The molecular formula is C31H26N2O2. The van der Waals surface area contributed by atoms with Crippen molar-refractivity contribution in [3.05, 3.63) is 108 Å². The van der Waals surface area contributed by atoms with Crippen molar-refractivity contribution in [1.82, 2.24) is 4.90 Å². The van der Waals surface area contributed by atoms with Gasteiger partial charge in [0.15, 0.2) is 0 Å². The molecule has 1 fully saturated rings. The highest BCUT2D eigenvalue weighted by molar-refractivity contribution is 6.25. The van der Waals surface area contributed by atoms with Crippen LogP contribution in [0.3, 0.4) is 0 Å². The predicted octanol–water partition coefficient (Wildman–Crippen LogP) is 6.83. The van der Waals surface area contributed by atoms with Crippen LogP contribution in [0.25, 0.3) is 22.3 Å². The Bertz CT molecular complexity index is 1400. The van der Waals surface area contributed by atoms with E-state index in [0.717, 1.165) is 65.9 Å². The first-order chi connectivity index (χ1) is 17.2. The summed E-state index contributed by atoms with van der Waals surface area (Å²) in [6, 6.07) is 29.9. The third kappa shape index (κ3) is 3.81. The number of phenols is 1. The van der Waals surface area contributed by atoms with Gasteiger partial charge in [0.05, 0.1) is 17.0 Å². The van der Waals surface area contributed by atoms with Gasteiger partial charge < -0.3 is 10.0 Å². The van der Waals surface area contributed by atoms with Crippen LogP contribution >= 0.6 is 0 Å². The number of phenolic OH excluding ortho intramolecular Hbond substituents is 1. The number of aromatic hydroxyl groups is 1. The second kappa shape index (κ2) is 8.88. The summed E-state index contributed by atoms with van der Waals surface area (Å²) >= 11 is 0. The number of aliphatic imine (C=N–C) groups is 1. The van der Waals surface area contributed by atoms with Crippen molar-refractivity contribution < 1.29 is 9.90 Å². The Hall–Kier alpha value is -4.18. The van der Waals surface area contributed by atoms with Crippen molar-refractivity contribution in [2.24, 2.45) is 4.99 Å². The molecule has 1 aliphatic carbocycles. The van der Waals surface area contributed by atoms with E-state index in [0.29, 0.717) is 16.8 Å². The average Bonchev–Trinajstić information content (AvgIpc) is 3.24. The normalized spacial score (nSPS) is 14.4. The standard InChI is InChI=1S/C31H26N2O2/c34-30-27(21-11-3-1-4-12-21)19-22(20-28(30)31(35)33-17-9-2-10-18-33)32-29-25-15-7-5-13-23(25)24-14-6-8-16-26(24)29/h1,3-8,11-16,19-20,34H,2,9-10,17-18H2. The van der Waals surface area contributed by atoms with Crippen molar-refractivity contribution in [2.75, 3.05) is 13.1 Å². The highest BCUT2D eigenvalue weighted by atomic mass is 16.3. The van der Waals surface area contributed by atoms with Crippen LogP contribution in [0.5, 0.6) is 5.75 Å². The molecule has 4 aromatic carbocycles. The highest BCUT2D eigenvalue weighted by Gasteiger charge is 2.26. The fourth-order valence-corrected chi connectivity index (χ4v) is 5.20. The van der Waals surface area contributed by atoms with Crippen molar-refractivity contribution >= 4 is 17.3 Å². The Labute approximate surface area is 205 Å². The zero-order chi connectivity index (χ0) is 23.8. The van der Waals surface area contributed by atoms with Crippen LogP contribution in [0.2, 0.25) is 0 Å². The maximum absolute atomic E-state index is 13.5. The Balaban J connectivity index is 1.53. The number of amides is 1. The molecule has 2 aliphatic rings. The lowest BCUT2D eigenvalue weighted by Gasteiger charge is -2.27. The molecular weight excluding hydrogens is 432 g/mol. The topological polar surface area (TPSA) is 52.9 Å². The maximum atomic E-state index is 13.5. The van der Waals surface area contributed by atoms with Gasteiger partial charge in [-0.25, -0.2) is 4.99 Å². The molecule has 0 unspecified atom stereocenters. The molecule has 0 saturated carbocycles. The molecule has 35 heavy (non-hydrogen) atoms. The number of hydrogen-bond donors (Lipinski definition) is 1. The van der Waals surface area contributed by atoms with Gasteiger partial charge in [-0.3, -0.25) is 4.79 Å². The number of carbonyl (C=O) groups excluding carboxylic acids is 1. The molecule has 1 N–H and O–H groups in total. The van der Waals surface area contributed by atoms with Gasteiger partial charge in [-0.05, 0) is 48.1 Å². The predicted molar refractivity (Wildman–Crippen MR) is 140 cm³/mol. The van der Waals surface area contributed by atoms with Crippen molar-refractivity contribution in [3.63, 3.8) is 0 Å². The first-order valence-electron chi connectivity index (χ1n) is 12.2. The zero-order valence-electron chi connectivity index (χ0n) is 19.4. The van der Waals surface area contributed by atoms with E-state index >= 15 is 0 Å².